The molecule has 23 heavy (non-hydrogen) atoms. The molecule has 122 valence electrons. The van der Waals surface area contributed by atoms with E-state index in [-0.39, 0.29) is 10.7 Å². The molecule has 2 aromatic carbocycles. The van der Waals surface area contributed by atoms with Crippen molar-refractivity contribution in [2.75, 3.05) is 18.6 Å². The van der Waals surface area contributed by atoms with Gasteiger partial charge in [0, 0.05) is 24.3 Å². The molecule has 0 atom stereocenters. The molecule has 1 heterocycles. The number of primary sulfonamides is 1. The Morgan fingerprint density at radius 1 is 1.26 bits per heavy atom. The standard InChI is InChI=1S/C16H17FN2O3S/c1-22-16-5-2-13(17)8-12(16)10-19-7-6-11-9-14(23(18,20)21)3-4-15(11)19/h2-5,8-9H,6-7,10H2,1H3,(H2,18,20,21). The minimum atomic E-state index is -3.71. The summed E-state index contributed by atoms with van der Waals surface area (Å²) in [5, 5.41) is 5.16. The summed E-state index contributed by atoms with van der Waals surface area (Å²) >= 11 is 0. The number of benzene rings is 2. The van der Waals surface area contributed by atoms with Gasteiger partial charge in [0.15, 0.2) is 0 Å². The molecule has 2 N–H and O–H groups in total. The zero-order chi connectivity index (χ0) is 16.6. The number of hydrogen-bond donors (Lipinski definition) is 1. The fraction of sp³-hybridized carbons (Fsp3) is 0.250. The Morgan fingerprint density at radius 2 is 2.04 bits per heavy atom. The lowest BCUT2D eigenvalue weighted by molar-refractivity contribution is 0.408. The van der Waals surface area contributed by atoms with Crippen molar-refractivity contribution in [3.8, 4) is 5.75 Å². The smallest absolute Gasteiger partial charge is 0.238 e. The van der Waals surface area contributed by atoms with Crippen molar-refractivity contribution in [2.24, 2.45) is 5.14 Å². The van der Waals surface area contributed by atoms with Crippen molar-refractivity contribution in [3.05, 3.63) is 53.3 Å². The van der Waals surface area contributed by atoms with Gasteiger partial charge >= 0.3 is 0 Å². The minimum absolute atomic E-state index is 0.112. The van der Waals surface area contributed by atoms with E-state index in [1.807, 2.05) is 0 Å². The number of nitrogens with two attached hydrogens (primary N) is 1. The first-order valence-corrected chi connectivity index (χ1v) is 8.66. The Kier molecular flexibility index (Phi) is 3.99. The summed E-state index contributed by atoms with van der Waals surface area (Å²) in [7, 11) is -2.16. The fourth-order valence-corrected chi connectivity index (χ4v) is 3.43. The molecular weight excluding hydrogens is 319 g/mol. The van der Waals surface area contributed by atoms with Crippen LogP contribution in [0.1, 0.15) is 11.1 Å². The monoisotopic (exact) mass is 336 g/mol. The Morgan fingerprint density at radius 3 is 2.74 bits per heavy atom. The molecular formula is C16H17FN2O3S. The molecule has 0 saturated heterocycles. The molecule has 1 aliphatic rings. The molecule has 0 spiro atoms. The third kappa shape index (κ3) is 3.16. The predicted molar refractivity (Wildman–Crippen MR) is 85.5 cm³/mol. The zero-order valence-corrected chi connectivity index (χ0v) is 13.4. The number of hydrogen-bond acceptors (Lipinski definition) is 4. The van der Waals surface area contributed by atoms with Crippen LogP contribution < -0.4 is 14.8 Å². The van der Waals surface area contributed by atoms with Crippen LogP contribution >= 0.6 is 0 Å². The summed E-state index contributed by atoms with van der Waals surface area (Å²) in [6.07, 6.45) is 0.719. The maximum atomic E-state index is 13.5. The molecule has 7 heteroatoms. The van der Waals surface area contributed by atoms with Crippen LogP contribution in [0.5, 0.6) is 5.75 Å². The molecule has 2 aromatic rings. The molecule has 0 fully saturated rings. The first kappa shape index (κ1) is 15.8. The Bertz CT molecular complexity index is 852. The van der Waals surface area contributed by atoms with Crippen LogP contribution in [-0.4, -0.2) is 22.1 Å². The van der Waals surface area contributed by atoms with Crippen LogP contribution in [0.2, 0.25) is 0 Å². The summed E-state index contributed by atoms with van der Waals surface area (Å²) in [5.41, 5.74) is 2.60. The first-order valence-electron chi connectivity index (χ1n) is 7.11. The van der Waals surface area contributed by atoms with Crippen molar-refractivity contribution in [1.82, 2.24) is 0 Å². The molecule has 0 saturated carbocycles. The quantitative estimate of drug-likeness (QED) is 0.927. The van der Waals surface area contributed by atoms with Crippen LogP contribution in [-0.2, 0) is 23.0 Å². The number of ether oxygens (including phenoxy) is 1. The maximum Gasteiger partial charge on any atom is 0.238 e. The van der Waals surface area contributed by atoms with Gasteiger partial charge in [-0.2, -0.15) is 0 Å². The van der Waals surface area contributed by atoms with Gasteiger partial charge in [0.2, 0.25) is 10.0 Å². The van der Waals surface area contributed by atoms with Gasteiger partial charge in [0.05, 0.1) is 12.0 Å². The average Bonchev–Trinajstić information content (AvgIpc) is 2.89. The molecule has 0 radical (unpaired) electrons. The highest BCUT2D eigenvalue weighted by molar-refractivity contribution is 7.89. The molecule has 1 aliphatic heterocycles. The minimum Gasteiger partial charge on any atom is -0.496 e. The van der Waals surface area contributed by atoms with Gasteiger partial charge in [-0.05, 0) is 48.4 Å². The van der Waals surface area contributed by atoms with E-state index >= 15 is 0 Å². The number of halogens is 1. The number of anilines is 1. The summed E-state index contributed by atoms with van der Waals surface area (Å²) in [6, 6.07) is 9.26. The van der Waals surface area contributed by atoms with E-state index in [1.54, 1.807) is 25.3 Å². The van der Waals surface area contributed by atoms with Crippen LogP contribution in [0.15, 0.2) is 41.3 Å². The van der Waals surface area contributed by atoms with E-state index in [0.717, 1.165) is 29.8 Å². The van der Waals surface area contributed by atoms with E-state index in [9.17, 15) is 12.8 Å². The van der Waals surface area contributed by atoms with E-state index in [2.05, 4.69) is 4.90 Å². The second-order valence-corrected chi connectivity index (χ2v) is 7.02. The third-order valence-corrected chi connectivity index (χ3v) is 4.89. The summed E-state index contributed by atoms with van der Waals surface area (Å²) < 4.78 is 41.6. The molecule has 0 aromatic heterocycles. The topological polar surface area (TPSA) is 72.6 Å². The van der Waals surface area contributed by atoms with Crippen molar-refractivity contribution < 1.29 is 17.5 Å². The number of sulfonamides is 1. The van der Waals surface area contributed by atoms with Crippen molar-refractivity contribution in [3.63, 3.8) is 0 Å². The molecule has 0 bridgehead atoms. The van der Waals surface area contributed by atoms with Gasteiger partial charge in [-0.15, -0.1) is 0 Å². The van der Waals surface area contributed by atoms with Crippen LogP contribution in [0, 0.1) is 5.82 Å². The first-order chi connectivity index (χ1) is 10.9. The van der Waals surface area contributed by atoms with E-state index in [4.69, 9.17) is 9.88 Å². The second kappa shape index (κ2) is 5.82. The maximum absolute atomic E-state index is 13.5. The van der Waals surface area contributed by atoms with Crippen molar-refractivity contribution in [2.45, 2.75) is 17.9 Å². The van der Waals surface area contributed by atoms with Gasteiger partial charge in [0.25, 0.3) is 0 Å². The van der Waals surface area contributed by atoms with Gasteiger partial charge < -0.3 is 9.64 Å². The van der Waals surface area contributed by atoms with E-state index < -0.39 is 10.0 Å². The Balaban J connectivity index is 1.91. The van der Waals surface area contributed by atoms with Crippen molar-refractivity contribution >= 4 is 15.7 Å². The molecule has 0 aliphatic carbocycles. The number of fused-ring (bicyclic) bond motifs is 1. The highest BCUT2D eigenvalue weighted by Gasteiger charge is 2.22. The Labute approximate surface area is 134 Å². The van der Waals surface area contributed by atoms with Gasteiger partial charge in [-0.3, -0.25) is 0 Å². The summed E-state index contributed by atoms with van der Waals surface area (Å²) in [4.78, 5) is 2.18. The molecule has 0 amide bonds. The molecule has 3 rings (SSSR count). The summed E-state index contributed by atoms with van der Waals surface area (Å²) in [5.74, 6) is 0.311. The lowest BCUT2D eigenvalue weighted by Crippen LogP contribution is -2.20. The highest BCUT2D eigenvalue weighted by Crippen LogP contribution is 2.32. The summed E-state index contributed by atoms with van der Waals surface area (Å²) in [6.45, 7) is 1.21. The van der Waals surface area contributed by atoms with Crippen LogP contribution in [0.25, 0.3) is 0 Å². The van der Waals surface area contributed by atoms with Crippen molar-refractivity contribution in [1.29, 1.82) is 0 Å². The fourth-order valence-electron chi connectivity index (χ4n) is 2.86. The highest BCUT2D eigenvalue weighted by atomic mass is 32.2. The second-order valence-electron chi connectivity index (χ2n) is 5.46. The van der Waals surface area contributed by atoms with Crippen LogP contribution in [0.4, 0.5) is 10.1 Å². The van der Waals surface area contributed by atoms with Gasteiger partial charge in [-0.25, -0.2) is 17.9 Å². The lowest BCUT2D eigenvalue weighted by Gasteiger charge is -2.21. The number of nitrogens with zero attached hydrogens (tertiary/aromatic N) is 1. The third-order valence-electron chi connectivity index (χ3n) is 3.97. The lowest BCUT2D eigenvalue weighted by atomic mass is 10.1. The number of rotatable bonds is 4. The Hall–Kier alpha value is -2.12. The normalized spacial score (nSPS) is 14.0. The van der Waals surface area contributed by atoms with E-state index in [0.29, 0.717) is 12.3 Å². The predicted octanol–water partition coefficient (Wildman–Crippen LogP) is 2.04. The molecule has 5 nitrogen and oxygen atoms in total. The van der Waals surface area contributed by atoms with E-state index in [1.165, 1.54) is 18.2 Å². The average molecular weight is 336 g/mol. The van der Waals surface area contributed by atoms with Gasteiger partial charge in [0.1, 0.15) is 11.6 Å². The van der Waals surface area contributed by atoms with Crippen LogP contribution in [0.3, 0.4) is 0 Å². The largest absolute Gasteiger partial charge is 0.496 e. The molecule has 0 unspecified atom stereocenters. The SMILES string of the molecule is COc1ccc(F)cc1CN1CCc2cc(S(N)(=O)=O)ccc21. The zero-order valence-electron chi connectivity index (χ0n) is 12.6. The van der Waals surface area contributed by atoms with Gasteiger partial charge in [-0.1, -0.05) is 0 Å². The number of methoxy groups -OCH3 is 1.